The highest BCUT2D eigenvalue weighted by atomic mass is 127. The maximum Gasteiger partial charge on any atom is 0.223 e. The van der Waals surface area contributed by atoms with Gasteiger partial charge in [-0.2, -0.15) is 9.97 Å². The van der Waals surface area contributed by atoms with Gasteiger partial charge in [0.2, 0.25) is 5.95 Å². The Morgan fingerprint density at radius 3 is 2.35 bits per heavy atom. The van der Waals surface area contributed by atoms with Gasteiger partial charge in [-0.25, -0.2) is 5.84 Å². The van der Waals surface area contributed by atoms with E-state index in [4.69, 9.17) is 11.6 Å². The molecule has 17 heavy (non-hydrogen) atoms. The first-order valence-corrected chi connectivity index (χ1v) is 5.89. The van der Waals surface area contributed by atoms with Gasteiger partial charge < -0.3 is 16.5 Å². The third-order valence-electron chi connectivity index (χ3n) is 2.01. The zero-order valence-electron chi connectivity index (χ0n) is 8.81. The van der Waals surface area contributed by atoms with Crippen molar-refractivity contribution in [2.75, 3.05) is 16.5 Å². The summed E-state index contributed by atoms with van der Waals surface area (Å²) in [7, 11) is 0. The summed E-state index contributed by atoms with van der Waals surface area (Å²) in [6.07, 6.45) is 0. The Balaban J connectivity index is 2.23. The Morgan fingerprint density at radius 1 is 1.06 bits per heavy atom. The second-order valence-electron chi connectivity index (χ2n) is 3.27. The van der Waals surface area contributed by atoms with Crippen LogP contribution in [-0.4, -0.2) is 9.97 Å². The smallest absolute Gasteiger partial charge is 0.223 e. The quantitative estimate of drug-likeness (QED) is 0.385. The van der Waals surface area contributed by atoms with Crippen LogP contribution in [0.2, 0.25) is 0 Å². The fourth-order valence-corrected chi connectivity index (χ4v) is 1.64. The molecule has 2 aromatic rings. The van der Waals surface area contributed by atoms with E-state index in [9.17, 15) is 0 Å². The average Bonchev–Trinajstić information content (AvgIpc) is 2.31. The summed E-state index contributed by atoms with van der Waals surface area (Å²) < 4.78 is 1.17. The number of nitrogens with one attached hydrogen (secondary N) is 2. The highest BCUT2D eigenvalue weighted by molar-refractivity contribution is 14.1. The summed E-state index contributed by atoms with van der Waals surface area (Å²) in [6, 6.07) is 9.57. The molecule has 1 aromatic heterocycles. The van der Waals surface area contributed by atoms with E-state index in [-0.39, 0.29) is 5.95 Å². The summed E-state index contributed by atoms with van der Waals surface area (Å²) in [4.78, 5) is 7.96. The molecule has 1 aromatic carbocycles. The minimum Gasteiger partial charge on any atom is -0.368 e. The van der Waals surface area contributed by atoms with Gasteiger partial charge in [0, 0.05) is 15.3 Å². The van der Waals surface area contributed by atoms with Crippen LogP contribution >= 0.6 is 22.6 Å². The fourth-order valence-electron chi connectivity index (χ4n) is 1.28. The second kappa shape index (κ2) is 5.15. The molecule has 0 unspecified atom stereocenters. The molecule has 0 saturated heterocycles. The Kier molecular flexibility index (Phi) is 3.59. The van der Waals surface area contributed by atoms with Gasteiger partial charge in [-0.05, 0) is 46.9 Å². The number of nitrogens with two attached hydrogens (primary N) is 2. The molecule has 0 atom stereocenters. The first-order chi connectivity index (χ1) is 8.17. The zero-order valence-corrected chi connectivity index (χ0v) is 11.0. The van der Waals surface area contributed by atoms with E-state index in [1.165, 1.54) is 3.57 Å². The molecule has 0 radical (unpaired) electrons. The lowest BCUT2D eigenvalue weighted by Gasteiger charge is -2.07. The second-order valence-corrected chi connectivity index (χ2v) is 4.52. The van der Waals surface area contributed by atoms with E-state index in [0.717, 1.165) is 5.69 Å². The van der Waals surface area contributed by atoms with E-state index < -0.39 is 0 Å². The van der Waals surface area contributed by atoms with Gasteiger partial charge in [0.1, 0.15) is 11.6 Å². The Hall–Kier alpha value is -1.61. The number of nitrogen functional groups attached to an aromatic ring is 2. The minimum absolute atomic E-state index is 0.161. The average molecular weight is 342 g/mol. The van der Waals surface area contributed by atoms with Crippen molar-refractivity contribution in [2.45, 2.75) is 0 Å². The molecule has 6 N–H and O–H groups in total. The van der Waals surface area contributed by atoms with Crippen LogP contribution in [0.1, 0.15) is 0 Å². The molecular weight excluding hydrogens is 331 g/mol. The van der Waals surface area contributed by atoms with Gasteiger partial charge in [-0.15, -0.1) is 0 Å². The van der Waals surface area contributed by atoms with Gasteiger partial charge in [0.05, 0.1) is 0 Å². The molecule has 0 bridgehead atoms. The van der Waals surface area contributed by atoms with Crippen molar-refractivity contribution in [3.05, 3.63) is 33.9 Å². The number of halogens is 1. The number of aromatic nitrogens is 2. The highest BCUT2D eigenvalue weighted by Gasteiger charge is 2.01. The molecule has 0 spiro atoms. The van der Waals surface area contributed by atoms with Crippen LogP contribution in [0.4, 0.5) is 23.3 Å². The predicted molar refractivity (Wildman–Crippen MR) is 76.7 cm³/mol. The molecule has 0 aliphatic rings. The molecule has 1 heterocycles. The monoisotopic (exact) mass is 342 g/mol. The lowest BCUT2D eigenvalue weighted by molar-refractivity contribution is 1.15. The third-order valence-corrected chi connectivity index (χ3v) is 2.73. The maximum absolute atomic E-state index is 5.55. The van der Waals surface area contributed by atoms with Crippen LogP contribution in [0.5, 0.6) is 0 Å². The highest BCUT2D eigenvalue weighted by Crippen LogP contribution is 2.18. The molecule has 2 rings (SSSR count). The third kappa shape index (κ3) is 3.17. The number of benzene rings is 1. The molecule has 6 nitrogen and oxygen atoms in total. The van der Waals surface area contributed by atoms with Crippen molar-refractivity contribution in [2.24, 2.45) is 5.84 Å². The van der Waals surface area contributed by atoms with Crippen molar-refractivity contribution in [3.8, 4) is 0 Å². The van der Waals surface area contributed by atoms with Crippen LogP contribution in [0.25, 0.3) is 0 Å². The predicted octanol–water partition coefficient (Wildman–Crippen LogP) is 1.69. The Morgan fingerprint density at radius 2 is 1.71 bits per heavy atom. The summed E-state index contributed by atoms with van der Waals surface area (Å²) >= 11 is 2.24. The standard InChI is InChI=1S/C10H11IN6/c11-6-1-3-7(4-2-6)14-8-5-9(17-13)16-10(12)15-8/h1-5H,13H2,(H4,12,14,15,16,17). The van der Waals surface area contributed by atoms with E-state index in [2.05, 4.69) is 43.3 Å². The number of anilines is 4. The van der Waals surface area contributed by atoms with Crippen LogP contribution in [0.3, 0.4) is 0 Å². The van der Waals surface area contributed by atoms with E-state index in [1.54, 1.807) is 6.07 Å². The topological polar surface area (TPSA) is 102 Å². The SMILES string of the molecule is NNc1cc(Nc2ccc(I)cc2)nc(N)n1. The number of hydrazine groups is 1. The molecule has 7 heteroatoms. The summed E-state index contributed by atoms with van der Waals surface area (Å²) in [5, 5.41) is 3.12. The van der Waals surface area contributed by atoms with Gasteiger partial charge in [-0.1, -0.05) is 0 Å². The van der Waals surface area contributed by atoms with E-state index in [0.29, 0.717) is 11.6 Å². The normalized spacial score (nSPS) is 10.0. The summed E-state index contributed by atoms with van der Waals surface area (Å²) in [5.74, 6) is 6.49. The summed E-state index contributed by atoms with van der Waals surface area (Å²) in [5.41, 5.74) is 8.91. The number of hydrogen-bond donors (Lipinski definition) is 4. The van der Waals surface area contributed by atoms with Gasteiger partial charge in [-0.3, -0.25) is 0 Å². The zero-order chi connectivity index (χ0) is 12.3. The fraction of sp³-hybridized carbons (Fsp3) is 0. The van der Waals surface area contributed by atoms with E-state index >= 15 is 0 Å². The lowest BCUT2D eigenvalue weighted by atomic mass is 10.3. The minimum atomic E-state index is 0.161. The number of rotatable bonds is 3. The van der Waals surface area contributed by atoms with Gasteiger partial charge >= 0.3 is 0 Å². The van der Waals surface area contributed by atoms with Crippen LogP contribution in [0.15, 0.2) is 30.3 Å². The molecule has 0 aliphatic carbocycles. The first kappa shape index (κ1) is 11.9. The molecule has 0 aliphatic heterocycles. The van der Waals surface area contributed by atoms with Crippen LogP contribution < -0.4 is 22.3 Å². The molecule has 0 saturated carbocycles. The molecular formula is C10H11IN6. The van der Waals surface area contributed by atoms with Crippen molar-refractivity contribution in [1.29, 1.82) is 0 Å². The lowest BCUT2D eigenvalue weighted by Crippen LogP contribution is -2.11. The van der Waals surface area contributed by atoms with E-state index in [1.807, 2.05) is 24.3 Å². The number of nitrogens with zero attached hydrogens (tertiary/aromatic N) is 2. The molecule has 0 fully saturated rings. The van der Waals surface area contributed by atoms with Crippen molar-refractivity contribution >= 4 is 45.9 Å². The van der Waals surface area contributed by atoms with Gasteiger partial charge in [0.25, 0.3) is 0 Å². The molecule has 0 amide bonds. The summed E-state index contributed by atoms with van der Waals surface area (Å²) in [6.45, 7) is 0. The van der Waals surface area contributed by atoms with Crippen molar-refractivity contribution in [3.63, 3.8) is 0 Å². The largest absolute Gasteiger partial charge is 0.368 e. The molecule has 88 valence electrons. The first-order valence-electron chi connectivity index (χ1n) is 4.81. The van der Waals surface area contributed by atoms with Crippen molar-refractivity contribution in [1.82, 2.24) is 9.97 Å². The maximum atomic E-state index is 5.55. The van der Waals surface area contributed by atoms with Crippen LogP contribution in [0, 0.1) is 3.57 Å². The van der Waals surface area contributed by atoms with Gasteiger partial charge in [0.15, 0.2) is 0 Å². The number of hydrogen-bond acceptors (Lipinski definition) is 6. The Labute approximate surface area is 112 Å². The van der Waals surface area contributed by atoms with Crippen molar-refractivity contribution < 1.29 is 0 Å². The van der Waals surface area contributed by atoms with Crippen LogP contribution in [-0.2, 0) is 0 Å². The Bertz CT molecular complexity index is 513.